The molecule has 3 N–H and O–H groups in total. The third-order valence-electron chi connectivity index (χ3n) is 3.89. The molecule has 2 amide bonds. The number of halogens is 1. The fourth-order valence-electron chi connectivity index (χ4n) is 2.37. The second-order valence-corrected chi connectivity index (χ2v) is 7.74. The van der Waals surface area contributed by atoms with Crippen LogP contribution in [0.15, 0.2) is 53.4 Å². The summed E-state index contributed by atoms with van der Waals surface area (Å²) in [5.74, 6) is -1.84. The summed E-state index contributed by atoms with van der Waals surface area (Å²) in [7, 11) is -4.25. The van der Waals surface area contributed by atoms with E-state index in [9.17, 15) is 22.4 Å². The van der Waals surface area contributed by atoms with Crippen molar-refractivity contribution in [1.82, 2.24) is 15.6 Å². The zero-order valence-electron chi connectivity index (χ0n) is 15.9. The lowest BCUT2D eigenvalue weighted by Gasteiger charge is -2.15. The van der Waals surface area contributed by atoms with E-state index in [4.69, 9.17) is 4.74 Å². The highest BCUT2D eigenvalue weighted by Gasteiger charge is 2.24. The normalized spacial score (nSPS) is 12.1. The zero-order valence-corrected chi connectivity index (χ0v) is 16.8. The van der Waals surface area contributed by atoms with Gasteiger partial charge in [0.05, 0.1) is 6.04 Å². The van der Waals surface area contributed by atoms with Gasteiger partial charge in [0.1, 0.15) is 16.5 Å². The van der Waals surface area contributed by atoms with Crippen molar-refractivity contribution < 1.29 is 27.1 Å². The third-order valence-corrected chi connectivity index (χ3v) is 5.46. The molecular formula is C19H22FN3O5S. The molecule has 0 heterocycles. The Hall–Kier alpha value is -2.98. The van der Waals surface area contributed by atoms with Crippen molar-refractivity contribution in [2.24, 2.45) is 0 Å². The first-order chi connectivity index (χ1) is 13.7. The van der Waals surface area contributed by atoms with Gasteiger partial charge in [0.15, 0.2) is 6.61 Å². The molecule has 0 unspecified atom stereocenters. The average Bonchev–Trinajstić information content (AvgIpc) is 2.70. The Morgan fingerprint density at radius 2 is 1.72 bits per heavy atom. The van der Waals surface area contributed by atoms with Crippen molar-refractivity contribution in [3.63, 3.8) is 0 Å². The number of carbonyl (C=O) groups is 2. The van der Waals surface area contributed by atoms with Crippen LogP contribution >= 0.6 is 0 Å². The number of rotatable bonds is 8. The Balaban J connectivity index is 1.85. The Labute approximate surface area is 168 Å². The number of benzene rings is 2. The van der Waals surface area contributed by atoms with Crippen molar-refractivity contribution in [3.05, 3.63) is 59.9 Å². The Kier molecular flexibility index (Phi) is 7.68. The first-order valence-electron chi connectivity index (χ1n) is 8.81. The van der Waals surface area contributed by atoms with Gasteiger partial charge in [-0.05, 0) is 37.1 Å². The maximum absolute atomic E-state index is 13.7. The molecular weight excluding hydrogens is 401 g/mol. The van der Waals surface area contributed by atoms with Gasteiger partial charge >= 0.3 is 0 Å². The molecule has 0 saturated carbocycles. The SMILES string of the molecule is CCc1ccccc1OCC(=O)NNC(=O)[C@H](C)NS(=O)(=O)c1ccccc1F. The van der Waals surface area contributed by atoms with Gasteiger partial charge in [-0.25, -0.2) is 12.8 Å². The minimum Gasteiger partial charge on any atom is -0.483 e. The second kappa shape index (κ2) is 9.99. The van der Waals surface area contributed by atoms with Gasteiger partial charge in [-0.1, -0.05) is 37.3 Å². The lowest BCUT2D eigenvalue weighted by Crippen LogP contribution is -2.51. The lowest BCUT2D eigenvalue weighted by atomic mass is 10.1. The highest BCUT2D eigenvalue weighted by atomic mass is 32.2. The number of hydrazine groups is 1. The molecule has 0 bridgehead atoms. The molecule has 8 nitrogen and oxygen atoms in total. The molecule has 156 valence electrons. The fraction of sp³-hybridized carbons (Fsp3) is 0.263. The van der Waals surface area contributed by atoms with Crippen LogP contribution in [0.1, 0.15) is 19.4 Å². The first kappa shape index (κ1) is 22.3. The van der Waals surface area contributed by atoms with Crippen molar-refractivity contribution in [1.29, 1.82) is 0 Å². The fourth-order valence-corrected chi connectivity index (χ4v) is 3.65. The van der Waals surface area contributed by atoms with Gasteiger partial charge in [-0.3, -0.25) is 20.4 Å². The molecule has 2 rings (SSSR count). The Bertz CT molecular complexity index is 981. The summed E-state index contributed by atoms with van der Waals surface area (Å²) in [4.78, 5) is 23.3. The van der Waals surface area contributed by atoms with Crippen molar-refractivity contribution in [2.45, 2.75) is 31.2 Å². The van der Waals surface area contributed by atoms with E-state index in [1.807, 2.05) is 23.8 Å². The maximum Gasteiger partial charge on any atom is 0.276 e. The minimum atomic E-state index is -4.25. The minimum absolute atomic E-state index is 0.341. The highest BCUT2D eigenvalue weighted by Crippen LogP contribution is 2.18. The van der Waals surface area contributed by atoms with Crippen LogP contribution in [-0.2, 0) is 26.0 Å². The molecule has 2 aromatic rings. The van der Waals surface area contributed by atoms with Gasteiger partial charge in [-0.2, -0.15) is 4.72 Å². The van der Waals surface area contributed by atoms with E-state index in [2.05, 4.69) is 10.9 Å². The second-order valence-electron chi connectivity index (χ2n) is 6.06. The van der Waals surface area contributed by atoms with Crippen LogP contribution in [0.5, 0.6) is 5.75 Å². The molecule has 0 spiro atoms. The van der Waals surface area contributed by atoms with Crippen LogP contribution in [0.2, 0.25) is 0 Å². The highest BCUT2D eigenvalue weighted by molar-refractivity contribution is 7.89. The van der Waals surface area contributed by atoms with Crippen LogP contribution in [0.3, 0.4) is 0 Å². The summed E-state index contributed by atoms with van der Waals surface area (Å²) >= 11 is 0. The summed E-state index contributed by atoms with van der Waals surface area (Å²) < 4.78 is 45.5. The van der Waals surface area contributed by atoms with Crippen LogP contribution in [0.4, 0.5) is 4.39 Å². The summed E-state index contributed by atoms with van der Waals surface area (Å²) in [5.41, 5.74) is 5.16. The molecule has 10 heteroatoms. The number of aryl methyl sites for hydroxylation is 1. The summed E-state index contributed by atoms with van der Waals surface area (Å²) in [6.07, 6.45) is 0.730. The van der Waals surface area contributed by atoms with E-state index in [0.29, 0.717) is 5.75 Å². The van der Waals surface area contributed by atoms with E-state index in [1.165, 1.54) is 19.1 Å². The van der Waals surface area contributed by atoms with Gasteiger partial charge in [0.2, 0.25) is 10.0 Å². The number of nitrogens with one attached hydrogen (secondary N) is 3. The predicted octanol–water partition coefficient (Wildman–Crippen LogP) is 1.28. The molecule has 0 aliphatic rings. The zero-order chi connectivity index (χ0) is 21.4. The number of sulfonamides is 1. The quantitative estimate of drug-likeness (QED) is 0.554. The third kappa shape index (κ3) is 6.26. The standard InChI is InChI=1S/C19H22FN3O5S/c1-3-14-8-4-6-10-16(14)28-12-18(24)21-22-19(25)13(2)23-29(26,27)17-11-7-5-9-15(17)20/h4-11,13,23H,3,12H2,1-2H3,(H,21,24)(H,22,25)/t13-/m0/s1. The lowest BCUT2D eigenvalue weighted by molar-refractivity contribution is -0.130. The van der Waals surface area contributed by atoms with Crippen LogP contribution in [0.25, 0.3) is 0 Å². The molecule has 0 aliphatic heterocycles. The number of amides is 2. The van der Waals surface area contributed by atoms with Gasteiger partial charge in [-0.15, -0.1) is 0 Å². The van der Waals surface area contributed by atoms with Crippen LogP contribution < -0.4 is 20.3 Å². The number of hydrogen-bond acceptors (Lipinski definition) is 5. The maximum atomic E-state index is 13.7. The van der Waals surface area contributed by atoms with Crippen LogP contribution in [0, 0.1) is 5.82 Å². The first-order valence-corrected chi connectivity index (χ1v) is 10.3. The average molecular weight is 423 g/mol. The van der Waals surface area contributed by atoms with E-state index in [0.717, 1.165) is 24.1 Å². The number of ether oxygens (including phenoxy) is 1. The Morgan fingerprint density at radius 3 is 2.41 bits per heavy atom. The largest absolute Gasteiger partial charge is 0.483 e. The summed E-state index contributed by atoms with van der Waals surface area (Å²) in [5, 5.41) is 0. The van der Waals surface area contributed by atoms with Gasteiger partial charge in [0, 0.05) is 0 Å². The molecule has 2 aromatic carbocycles. The van der Waals surface area contributed by atoms with Gasteiger partial charge in [0.25, 0.3) is 11.8 Å². The molecule has 0 radical (unpaired) electrons. The van der Waals surface area contributed by atoms with E-state index in [1.54, 1.807) is 12.1 Å². The predicted molar refractivity (Wildman–Crippen MR) is 104 cm³/mol. The van der Waals surface area contributed by atoms with E-state index in [-0.39, 0.29) is 6.61 Å². The molecule has 0 aromatic heterocycles. The van der Waals surface area contributed by atoms with E-state index < -0.39 is 38.6 Å². The Morgan fingerprint density at radius 1 is 1.07 bits per heavy atom. The van der Waals surface area contributed by atoms with E-state index >= 15 is 0 Å². The number of hydrogen-bond donors (Lipinski definition) is 3. The molecule has 29 heavy (non-hydrogen) atoms. The van der Waals surface area contributed by atoms with Crippen LogP contribution in [-0.4, -0.2) is 32.9 Å². The molecule has 0 fully saturated rings. The van der Waals surface area contributed by atoms with Gasteiger partial charge < -0.3 is 4.74 Å². The summed E-state index contributed by atoms with van der Waals surface area (Å²) in [6, 6.07) is 10.8. The van der Waals surface area contributed by atoms with Crippen molar-refractivity contribution >= 4 is 21.8 Å². The van der Waals surface area contributed by atoms with Crippen molar-refractivity contribution in [2.75, 3.05) is 6.61 Å². The topological polar surface area (TPSA) is 114 Å². The smallest absolute Gasteiger partial charge is 0.276 e. The number of para-hydroxylation sites is 1. The monoisotopic (exact) mass is 423 g/mol. The summed E-state index contributed by atoms with van der Waals surface area (Å²) in [6.45, 7) is 2.87. The van der Waals surface area contributed by atoms with Crippen molar-refractivity contribution in [3.8, 4) is 5.75 Å². The molecule has 1 atom stereocenters. The number of carbonyl (C=O) groups excluding carboxylic acids is 2. The molecule has 0 saturated heterocycles. The molecule has 0 aliphatic carbocycles.